The Hall–Kier alpha value is -0.0800. The molecule has 0 aromatic rings. The number of aliphatic imine (C=N–C) groups is 1. The lowest BCUT2D eigenvalue weighted by molar-refractivity contribution is 0.120. The first-order valence-electron chi connectivity index (χ1n) is 10.3. The van der Waals surface area contributed by atoms with E-state index in [0.29, 0.717) is 11.5 Å². The largest absolute Gasteiger partial charge is 0.356 e. The van der Waals surface area contributed by atoms with E-state index in [4.69, 9.17) is 0 Å². The highest BCUT2D eigenvalue weighted by atomic mass is 127. The molecule has 0 amide bonds. The molecule has 1 heterocycles. The summed E-state index contributed by atoms with van der Waals surface area (Å²) in [4.78, 5) is 9.45. The van der Waals surface area contributed by atoms with Crippen LogP contribution in [0.2, 0.25) is 0 Å². The van der Waals surface area contributed by atoms with E-state index >= 15 is 0 Å². The van der Waals surface area contributed by atoms with Gasteiger partial charge >= 0.3 is 0 Å². The second-order valence-electron chi connectivity index (χ2n) is 8.80. The summed E-state index contributed by atoms with van der Waals surface area (Å²) in [5.74, 6) is 1.74. The summed E-state index contributed by atoms with van der Waals surface area (Å²) in [5.41, 5.74) is 0.481. The van der Waals surface area contributed by atoms with Gasteiger partial charge in [0.15, 0.2) is 5.96 Å². The van der Waals surface area contributed by atoms with Crippen molar-refractivity contribution in [2.45, 2.75) is 58.9 Å². The van der Waals surface area contributed by atoms with Crippen molar-refractivity contribution < 1.29 is 0 Å². The van der Waals surface area contributed by atoms with E-state index in [1.165, 1.54) is 58.3 Å². The molecule has 5 nitrogen and oxygen atoms in total. The van der Waals surface area contributed by atoms with Gasteiger partial charge in [0, 0.05) is 52.4 Å². The maximum Gasteiger partial charge on any atom is 0.191 e. The van der Waals surface area contributed by atoms with E-state index in [9.17, 15) is 0 Å². The zero-order valence-corrected chi connectivity index (χ0v) is 20.0. The molecule has 0 spiro atoms. The molecule has 2 aliphatic rings. The van der Waals surface area contributed by atoms with Crippen LogP contribution in [0.15, 0.2) is 4.99 Å². The number of nitrogens with zero attached hydrogens (tertiary/aromatic N) is 3. The molecule has 1 aliphatic carbocycles. The number of nitrogens with one attached hydrogen (secondary N) is 2. The first-order chi connectivity index (χ1) is 11.9. The Balaban J connectivity index is 0.00000338. The number of hydrogen-bond donors (Lipinski definition) is 2. The minimum atomic E-state index is 0. The molecule has 1 unspecified atom stereocenters. The molecule has 1 atom stereocenters. The Morgan fingerprint density at radius 2 is 1.65 bits per heavy atom. The highest BCUT2D eigenvalue weighted by Gasteiger charge is 2.34. The monoisotopic (exact) mass is 479 g/mol. The Bertz CT molecular complexity index is 412. The van der Waals surface area contributed by atoms with E-state index in [1.807, 2.05) is 7.05 Å². The number of likely N-dealkylation sites (N-methyl/N-ethyl adjacent to an activating group) is 1. The predicted molar refractivity (Wildman–Crippen MR) is 124 cm³/mol. The van der Waals surface area contributed by atoms with Crippen molar-refractivity contribution in [3.63, 3.8) is 0 Å². The van der Waals surface area contributed by atoms with Crippen LogP contribution >= 0.6 is 24.0 Å². The fourth-order valence-electron chi connectivity index (χ4n) is 4.57. The van der Waals surface area contributed by atoms with Crippen molar-refractivity contribution >= 4 is 29.9 Å². The summed E-state index contributed by atoms with van der Waals surface area (Å²) in [6.07, 6.45) is 6.84. The van der Waals surface area contributed by atoms with Crippen LogP contribution < -0.4 is 10.6 Å². The second-order valence-corrected chi connectivity index (χ2v) is 8.80. The highest BCUT2D eigenvalue weighted by molar-refractivity contribution is 14.0. The third-order valence-electron chi connectivity index (χ3n) is 6.09. The average molecular weight is 479 g/mol. The van der Waals surface area contributed by atoms with Crippen molar-refractivity contribution in [2.75, 3.05) is 53.4 Å². The van der Waals surface area contributed by atoms with Crippen LogP contribution in [0.5, 0.6) is 0 Å². The van der Waals surface area contributed by atoms with E-state index in [0.717, 1.165) is 25.0 Å². The van der Waals surface area contributed by atoms with E-state index < -0.39 is 0 Å². The highest BCUT2D eigenvalue weighted by Crippen LogP contribution is 2.42. The molecule has 2 N–H and O–H groups in total. The van der Waals surface area contributed by atoms with E-state index in [1.54, 1.807) is 0 Å². The van der Waals surface area contributed by atoms with Crippen molar-refractivity contribution in [3.05, 3.63) is 0 Å². The van der Waals surface area contributed by atoms with Crippen LogP contribution in [-0.2, 0) is 0 Å². The van der Waals surface area contributed by atoms with Crippen LogP contribution in [0.4, 0.5) is 0 Å². The molecule has 6 heteroatoms. The molecule has 0 bridgehead atoms. The summed E-state index contributed by atoms with van der Waals surface area (Å²) in [5, 5.41) is 7.19. The summed E-state index contributed by atoms with van der Waals surface area (Å²) in [6.45, 7) is 13.7. The van der Waals surface area contributed by atoms with Gasteiger partial charge < -0.3 is 15.5 Å². The topological polar surface area (TPSA) is 42.9 Å². The third kappa shape index (κ3) is 7.50. The van der Waals surface area contributed by atoms with Gasteiger partial charge in [-0.15, -0.1) is 24.0 Å². The molecule has 154 valence electrons. The summed E-state index contributed by atoms with van der Waals surface area (Å²) < 4.78 is 0. The number of halogens is 1. The first kappa shape index (κ1) is 24.0. The smallest absolute Gasteiger partial charge is 0.191 e. The molecule has 2 rings (SSSR count). The van der Waals surface area contributed by atoms with Crippen LogP contribution in [0.3, 0.4) is 0 Å². The van der Waals surface area contributed by atoms with Crippen molar-refractivity contribution in [1.29, 1.82) is 0 Å². The maximum absolute atomic E-state index is 4.46. The number of guanidine groups is 1. The van der Waals surface area contributed by atoms with Gasteiger partial charge in [-0.1, -0.05) is 26.7 Å². The molecule has 1 saturated carbocycles. The Morgan fingerprint density at radius 1 is 1.04 bits per heavy atom. The van der Waals surface area contributed by atoms with Gasteiger partial charge in [0.25, 0.3) is 0 Å². The van der Waals surface area contributed by atoms with Crippen LogP contribution in [0.25, 0.3) is 0 Å². The number of rotatable bonds is 7. The maximum atomic E-state index is 4.46. The first-order valence-corrected chi connectivity index (χ1v) is 10.3. The lowest BCUT2D eigenvalue weighted by Crippen LogP contribution is -2.52. The predicted octanol–water partition coefficient (Wildman–Crippen LogP) is 3.01. The Labute approximate surface area is 178 Å². The van der Waals surface area contributed by atoms with Crippen LogP contribution in [-0.4, -0.2) is 75.2 Å². The van der Waals surface area contributed by atoms with Gasteiger partial charge in [-0.3, -0.25) is 9.89 Å². The normalized spacial score (nSPS) is 22.9. The summed E-state index contributed by atoms with van der Waals surface area (Å²) in [7, 11) is 4.10. The van der Waals surface area contributed by atoms with Gasteiger partial charge in [0.1, 0.15) is 0 Å². The van der Waals surface area contributed by atoms with Crippen molar-refractivity contribution in [1.82, 2.24) is 20.4 Å². The van der Waals surface area contributed by atoms with E-state index in [2.05, 4.69) is 53.2 Å². The zero-order chi connectivity index (χ0) is 18.3. The molecule has 2 fully saturated rings. The Kier molecular flexibility index (Phi) is 10.8. The molecule has 0 aromatic carbocycles. The van der Waals surface area contributed by atoms with E-state index in [-0.39, 0.29) is 24.0 Å². The van der Waals surface area contributed by atoms with Crippen LogP contribution in [0, 0.1) is 11.3 Å². The fourth-order valence-corrected chi connectivity index (χ4v) is 4.57. The molecule has 26 heavy (non-hydrogen) atoms. The van der Waals surface area contributed by atoms with Crippen molar-refractivity contribution in [2.24, 2.45) is 16.3 Å². The molecular formula is C20H42IN5. The van der Waals surface area contributed by atoms with Gasteiger partial charge in [-0.05, 0) is 44.6 Å². The Morgan fingerprint density at radius 3 is 2.19 bits per heavy atom. The van der Waals surface area contributed by atoms with Gasteiger partial charge in [0.2, 0.25) is 0 Å². The third-order valence-corrected chi connectivity index (χ3v) is 6.09. The zero-order valence-electron chi connectivity index (χ0n) is 17.7. The molecule has 0 aromatic heterocycles. The minimum absolute atomic E-state index is 0. The average Bonchev–Trinajstić information content (AvgIpc) is 3.03. The quantitative estimate of drug-likeness (QED) is 0.335. The minimum Gasteiger partial charge on any atom is -0.356 e. The molecule has 1 saturated heterocycles. The standard InChI is InChI=1S/C20H41N5.HI/c1-17(2)14-20(8-6-7-9-20)16-23-19(21-4)22-15-18(3)25-12-10-24(5)11-13-25;/h17-18H,6-16H2,1-5H3,(H2,21,22,23);1H. The fraction of sp³-hybridized carbons (Fsp3) is 0.950. The molecular weight excluding hydrogens is 437 g/mol. The summed E-state index contributed by atoms with van der Waals surface area (Å²) in [6, 6.07) is 0.545. The van der Waals surface area contributed by atoms with Gasteiger partial charge in [-0.25, -0.2) is 0 Å². The lowest BCUT2D eigenvalue weighted by atomic mass is 9.78. The SMILES string of the molecule is CN=C(NCC(C)N1CCN(C)CC1)NCC1(CC(C)C)CCCC1.I. The lowest BCUT2D eigenvalue weighted by Gasteiger charge is -2.37. The number of piperazine rings is 1. The second kappa shape index (κ2) is 11.7. The summed E-state index contributed by atoms with van der Waals surface area (Å²) >= 11 is 0. The van der Waals surface area contributed by atoms with Crippen LogP contribution in [0.1, 0.15) is 52.9 Å². The molecule has 0 radical (unpaired) electrons. The molecule has 1 aliphatic heterocycles. The number of hydrogen-bond acceptors (Lipinski definition) is 3. The van der Waals surface area contributed by atoms with Crippen molar-refractivity contribution in [3.8, 4) is 0 Å². The van der Waals surface area contributed by atoms with Gasteiger partial charge in [-0.2, -0.15) is 0 Å². The van der Waals surface area contributed by atoms with Gasteiger partial charge in [0.05, 0.1) is 0 Å².